The summed E-state index contributed by atoms with van der Waals surface area (Å²) in [6, 6.07) is 0.684. The van der Waals surface area contributed by atoms with E-state index in [-0.39, 0.29) is 5.97 Å². The van der Waals surface area contributed by atoms with Gasteiger partial charge in [-0.25, -0.2) is 0 Å². The molecule has 0 atom stereocenters. The monoisotopic (exact) mass is 257 g/mol. The van der Waals surface area contributed by atoms with Gasteiger partial charge in [-0.1, -0.05) is 6.42 Å². The van der Waals surface area contributed by atoms with Crippen LogP contribution in [-0.4, -0.2) is 50.3 Å². The average molecular weight is 257 g/mol. The van der Waals surface area contributed by atoms with Crippen LogP contribution in [0.25, 0.3) is 0 Å². The van der Waals surface area contributed by atoms with Crippen LogP contribution in [0.15, 0.2) is 0 Å². The van der Waals surface area contributed by atoms with Crippen LogP contribution in [0, 0.1) is 0 Å². The van der Waals surface area contributed by atoms with Gasteiger partial charge in [0.05, 0.1) is 6.61 Å². The fourth-order valence-corrected chi connectivity index (χ4v) is 2.35. The van der Waals surface area contributed by atoms with Crippen molar-refractivity contribution in [2.75, 3.05) is 33.4 Å². The van der Waals surface area contributed by atoms with E-state index in [4.69, 9.17) is 9.47 Å². The third-order valence-electron chi connectivity index (χ3n) is 3.51. The molecule has 106 valence electrons. The Hall–Kier alpha value is -0.610. The van der Waals surface area contributed by atoms with Crippen molar-refractivity contribution >= 4 is 5.97 Å². The Morgan fingerprint density at radius 3 is 2.67 bits per heavy atom. The van der Waals surface area contributed by atoms with Gasteiger partial charge in [-0.2, -0.15) is 0 Å². The highest BCUT2D eigenvalue weighted by atomic mass is 16.5. The zero-order valence-electron chi connectivity index (χ0n) is 11.8. The molecule has 0 spiro atoms. The second kappa shape index (κ2) is 9.34. The summed E-state index contributed by atoms with van der Waals surface area (Å²) in [4.78, 5) is 13.6. The molecule has 18 heavy (non-hydrogen) atoms. The molecule has 0 N–H and O–H groups in total. The number of unbranched alkanes of at least 4 members (excludes halogenated alkanes) is 2. The van der Waals surface area contributed by atoms with Crippen molar-refractivity contribution in [2.24, 2.45) is 0 Å². The Labute approximate surface area is 111 Å². The molecule has 1 fully saturated rings. The number of esters is 1. The van der Waals surface area contributed by atoms with E-state index in [1.807, 2.05) is 6.92 Å². The lowest BCUT2D eigenvalue weighted by molar-refractivity contribution is -0.143. The fraction of sp³-hybridized carbons (Fsp3) is 0.929. The summed E-state index contributed by atoms with van der Waals surface area (Å²) < 4.78 is 10.3. The molecule has 0 aromatic heterocycles. The number of nitrogens with zero attached hydrogens (tertiary/aromatic N) is 1. The summed E-state index contributed by atoms with van der Waals surface area (Å²) in [5, 5.41) is 0. The summed E-state index contributed by atoms with van der Waals surface area (Å²) in [6.45, 7) is 5.26. The average Bonchev–Trinajstić information content (AvgIpc) is 2.39. The number of ether oxygens (including phenoxy) is 2. The largest absolute Gasteiger partial charge is 0.466 e. The van der Waals surface area contributed by atoms with E-state index >= 15 is 0 Å². The van der Waals surface area contributed by atoms with Gasteiger partial charge in [0.25, 0.3) is 0 Å². The molecule has 0 aliphatic carbocycles. The van der Waals surface area contributed by atoms with E-state index in [1.165, 1.54) is 0 Å². The molecule has 0 radical (unpaired) electrons. The Morgan fingerprint density at radius 1 is 1.28 bits per heavy atom. The first-order chi connectivity index (χ1) is 8.74. The lowest BCUT2D eigenvalue weighted by atomic mass is 10.1. The number of hydrogen-bond donors (Lipinski definition) is 0. The van der Waals surface area contributed by atoms with Gasteiger partial charge in [-0.05, 0) is 46.2 Å². The van der Waals surface area contributed by atoms with Crippen molar-refractivity contribution in [1.82, 2.24) is 4.90 Å². The summed E-state index contributed by atoms with van der Waals surface area (Å²) >= 11 is 0. The van der Waals surface area contributed by atoms with E-state index < -0.39 is 0 Å². The highest BCUT2D eigenvalue weighted by Crippen LogP contribution is 2.13. The molecule has 0 aromatic rings. The standard InChI is InChI=1S/C14H27NO3/c1-3-18-14(16)7-5-4-6-10-15(2)13-8-11-17-12-9-13/h13H,3-12H2,1-2H3. The first-order valence-corrected chi connectivity index (χ1v) is 7.17. The van der Waals surface area contributed by atoms with Crippen molar-refractivity contribution < 1.29 is 14.3 Å². The molecule has 0 unspecified atom stereocenters. The topological polar surface area (TPSA) is 38.8 Å². The van der Waals surface area contributed by atoms with Crippen molar-refractivity contribution in [3.63, 3.8) is 0 Å². The molecule has 0 saturated carbocycles. The molecule has 1 saturated heterocycles. The molecule has 0 bridgehead atoms. The van der Waals surface area contributed by atoms with Gasteiger partial charge in [0.2, 0.25) is 0 Å². The minimum atomic E-state index is -0.0599. The second-order valence-electron chi connectivity index (χ2n) is 4.94. The van der Waals surface area contributed by atoms with Crippen molar-refractivity contribution in [1.29, 1.82) is 0 Å². The highest BCUT2D eigenvalue weighted by molar-refractivity contribution is 5.69. The number of carbonyl (C=O) groups excluding carboxylic acids is 1. The quantitative estimate of drug-likeness (QED) is 0.494. The maximum absolute atomic E-state index is 11.1. The normalized spacial score (nSPS) is 17.1. The van der Waals surface area contributed by atoms with Crippen LogP contribution in [0.1, 0.15) is 45.4 Å². The Kier molecular flexibility index (Phi) is 8.01. The molecule has 4 heteroatoms. The van der Waals surface area contributed by atoms with Crippen LogP contribution in [-0.2, 0) is 14.3 Å². The van der Waals surface area contributed by atoms with Crippen LogP contribution in [0.3, 0.4) is 0 Å². The number of carbonyl (C=O) groups is 1. The zero-order valence-corrected chi connectivity index (χ0v) is 11.8. The number of rotatable bonds is 8. The van der Waals surface area contributed by atoms with Crippen LogP contribution in [0.2, 0.25) is 0 Å². The summed E-state index contributed by atoms with van der Waals surface area (Å²) in [7, 11) is 2.20. The maximum Gasteiger partial charge on any atom is 0.305 e. The van der Waals surface area contributed by atoms with Crippen LogP contribution >= 0.6 is 0 Å². The lowest BCUT2D eigenvalue weighted by Gasteiger charge is -2.31. The molecule has 1 aliphatic rings. The maximum atomic E-state index is 11.1. The number of hydrogen-bond acceptors (Lipinski definition) is 4. The second-order valence-corrected chi connectivity index (χ2v) is 4.94. The first kappa shape index (κ1) is 15.4. The summed E-state index contributed by atoms with van der Waals surface area (Å²) in [5.41, 5.74) is 0. The summed E-state index contributed by atoms with van der Waals surface area (Å²) in [5.74, 6) is -0.0599. The molecule has 1 aliphatic heterocycles. The zero-order chi connectivity index (χ0) is 13.2. The van der Waals surface area contributed by atoms with Crippen LogP contribution in [0.5, 0.6) is 0 Å². The van der Waals surface area contributed by atoms with Gasteiger partial charge in [0.15, 0.2) is 0 Å². The van der Waals surface area contributed by atoms with Gasteiger partial charge in [-0.15, -0.1) is 0 Å². The van der Waals surface area contributed by atoms with Crippen molar-refractivity contribution in [3.05, 3.63) is 0 Å². The smallest absolute Gasteiger partial charge is 0.305 e. The minimum absolute atomic E-state index is 0.0599. The molecule has 1 heterocycles. The Balaban J connectivity index is 1.98. The molecular weight excluding hydrogens is 230 g/mol. The van der Waals surface area contributed by atoms with Gasteiger partial charge in [0, 0.05) is 25.7 Å². The van der Waals surface area contributed by atoms with Crippen molar-refractivity contribution in [2.45, 2.75) is 51.5 Å². The third kappa shape index (κ3) is 6.36. The van der Waals surface area contributed by atoms with Crippen LogP contribution < -0.4 is 0 Å². The highest BCUT2D eigenvalue weighted by Gasteiger charge is 2.17. The van der Waals surface area contributed by atoms with Crippen LogP contribution in [0.4, 0.5) is 0 Å². The van der Waals surface area contributed by atoms with E-state index in [0.717, 1.165) is 51.9 Å². The fourth-order valence-electron chi connectivity index (χ4n) is 2.35. The third-order valence-corrected chi connectivity index (χ3v) is 3.51. The van der Waals surface area contributed by atoms with E-state index in [9.17, 15) is 4.79 Å². The van der Waals surface area contributed by atoms with Gasteiger partial charge < -0.3 is 14.4 Å². The molecule has 4 nitrogen and oxygen atoms in total. The Morgan fingerprint density at radius 2 is 2.00 bits per heavy atom. The van der Waals surface area contributed by atoms with Gasteiger partial charge >= 0.3 is 5.97 Å². The molecule has 1 rings (SSSR count). The predicted octanol–water partition coefficient (Wildman–Crippen LogP) is 2.22. The molecule has 0 aromatic carbocycles. The Bertz CT molecular complexity index is 227. The first-order valence-electron chi connectivity index (χ1n) is 7.17. The minimum Gasteiger partial charge on any atom is -0.466 e. The van der Waals surface area contributed by atoms with Gasteiger partial charge in [0.1, 0.15) is 0 Å². The SMILES string of the molecule is CCOC(=O)CCCCCN(C)C1CCOCC1. The van der Waals surface area contributed by atoms with Gasteiger partial charge in [-0.3, -0.25) is 4.79 Å². The van der Waals surface area contributed by atoms with E-state index in [0.29, 0.717) is 19.1 Å². The summed E-state index contributed by atoms with van der Waals surface area (Å²) in [6.07, 6.45) is 6.08. The molecular formula is C14H27NO3. The lowest BCUT2D eigenvalue weighted by Crippen LogP contribution is -2.37. The van der Waals surface area contributed by atoms with Crippen molar-refractivity contribution in [3.8, 4) is 0 Å². The van der Waals surface area contributed by atoms with E-state index in [2.05, 4.69) is 11.9 Å². The van der Waals surface area contributed by atoms with E-state index in [1.54, 1.807) is 0 Å². The molecule has 0 amide bonds. The predicted molar refractivity (Wildman–Crippen MR) is 71.6 cm³/mol.